The van der Waals surface area contributed by atoms with E-state index in [1.54, 1.807) is 32.1 Å². The number of carbonyl (C=O) groups is 4. The molecule has 2 aliphatic rings. The summed E-state index contributed by atoms with van der Waals surface area (Å²) in [6.45, 7) is 3.78. The molecule has 8 nitrogen and oxygen atoms in total. The predicted molar refractivity (Wildman–Crippen MR) is 106 cm³/mol. The summed E-state index contributed by atoms with van der Waals surface area (Å²) in [6.07, 6.45) is 8.78. The molecule has 2 rings (SSSR count). The summed E-state index contributed by atoms with van der Waals surface area (Å²) < 4.78 is 10.5. The van der Waals surface area contributed by atoms with E-state index in [1.807, 2.05) is 6.08 Å². The van der Waals surface area contributed by atoms with Crippen molar-refractivity contribution in [3.8, 4) is 0 Å². The van der Waals surface area contributed by atoms with E-state index >= 15 is 0 Å². The van der Waals surface area contributed by atoms with Crippen LogP contribution in [0.3, 0.4) is 0 Å². The van der Waals surface area contributed by atoms with Crippen molar-refractivity contribution in [1.29, 1.82) is 0 Å². The number of hydrogen-bond acceptors (Lipinski definition) is 6. The van der Waals surface area contributed by atoms with Crippen LogP contribution in [0.1, 0.15) is 39.5 Å². The highest BCUT2D eigenvalue weighted by atomic mass is 16.5. The van der Waals surface area contributed by atoms with Crippen LogP contribution in [0, 0.1) is 35.5 Å². The molecule has 0 saturated carbocycles. The van der Waals surface area contributed by atoms with Crippen LogP contribution in [0.15, 0.2) is 24.3 Å². The smallest absolute Gasteiger partial charge is 0.310 e. The molecule has 0 aromatic carbocycles. The zero-order valence-corrected chi connectivity index (χ0v) is 17.4. The lowest BCUT2D eigenvalue weighted by molar-refractivity contribution is -0.160. The minimum atomic E-state index is -1.01. The third-order valence-electron chi connectivity index (χ3n) is 5.86. The fraction of sp³-hybridized carbons (Fsp3) is 0.636. The summed E-state index contributed by atoms with van der Waals surface area (Å²) in [6, 6.07) is 0. The number of carboxylic acid groups (broad SMARTS) is 2. The second kappa shape index (κ2) is 10.9. The zero-order valence-electron chi connectivity index (χ0n) is 17.4. The summed E-state index contributed by atoms with van der Waals surface area (Å²) >= 11 is 0. The Bertz CT molecular complexity index is 710. The summed E-state index contributed by atoms with van der Waals surface area (Å²) in [5.74, 6) is -6.49. The standard InChI is InChI=1S/C22H30O8/c1-13-7-6-10-16(17(13)20(25)26)21(27)29-11-3-4-12-30-22(28)18-14(2)8-5-9-15(18)19(23)24/h5-8,13-18H,3-4,9-12H2,1-2H3,(H,23,24)(H,25,26). The molecule has 0 saturated heterocycles. The molecule has 0 spiro atoms. The molecule has 8 heteroatoms. The molecule has 2 N–H and O–H groups in total. The Hall–Kier alpha value is -2.64. The molecular weight excluding hydrogens is 392 g/mol. The third kappa shape index (κ3) is 5.93. The lowest BCUT2D eigenvalue weighted by Gasteiger charge is -2.28. The maximum atomic E-state index is 12.3. The normalized spacial score (nSPS) is 30.5. The molecule has 6 unspecified atom stereocenters. The van der Waals surface area contributed by atoms with E-state index in [9.17, 15) is 29.4 Å². The van der Waals surface area contributed by atoms with E-state index in [4.69, 9.17) is 9.47 Å². The van der Waals surface area contributed by atoms with Crippen LogP contribution < -0.4 is 0 Å². The van der Waals surface area contributed by atoms with Crippen molar-refractivity contribution in [3.63, 3.8) is 0 Å². The first-order chi connectivity index (χ1) is 14.2. The van der Waals surface area contributed by atoms with Gasteiger partial charge in [-0.3, -0.25) is 19.2 Å². The van der Waals surface area contributed by atoms with Gasteiger partial charge in [0.15, 0.2) is 0 Å². The first kappa shape index (κ1) is 23.6. The van der Waals surface area contributed by atoms with Crippen molar-refractivity contribution < 1.29 is 38.9 Å². The van der Waals surface area contributed by atoms with Crippen molar-refractivity contribution in [2.24, 2.45) is 35.5 Å². The summed E-state index contributed by atoms with van der Waals surface area (Å²) in [4.78, 5) is 47.4. The minimum Gasteiger partial charge on any atom is -0.481 e. The topological polar surface area (TPSA) is 127 Å². The van der Waals surface area contributed by atoms with Crippen LogP contribution in [0.5, 0.6) is 0 Å². The molecule has 166 valence electrons. The Morgan fingerprint density at radius 1 is 0.767 bits per heavy atom. The van der Waals surface area contributed by atoms with Gasteiger partial charge in [-0.25, -0.2) is 0 Å². The van der Waals surface area contributed by atoms with Crippen LogP contribution in [-0.2, 0) is 28.7 Å². The molecule has 0 radical (unpaired) electrons. The van der Waals surface area contributed by atoms with Gasteiger partial charge in [-0.05, 0) is 37.5 Å². The van der Waals surface area contributed by atoms with Gasteiger partial charge >= 0.3 is 23.9 Å². The number of aliphatic carboxylic acids is 2. The van der Waals surface area contributed by atoms with E-state index in [2.05, 4.69) is 0 Å². The van der Waals surface area contributed by atoms with Crippen LogP contribution >= 0.6 is 0 Å². The van der Waals surface area contributed by atoms with Gasteiger partial charge in [0.2, 0.25) is 0 Å². The van der Waals surface area contributed by atoms with Crippen molar-refractivity contribution in [2.45, 2.75) is 39.5 Å². The van der Waals surface area contributed by atoms with Gasteiger partial charge in [0.25, 0.3) is 0 Å². The molecule has 0 heterocycles. The van der Waals surface area contributed by atoms with Crippen LogP contribution in [-0.4, -0.2) is 47.3 Å². The molecule has 0 amide bonds. The van der Waals surface area contributed by atoms with Crippen LogP contribution in [0.4, 0.5) is 0 Å². The number of esters is 2. The largest absolute Gasteiger partial charge is 0.481 e. The number of carbonyl (C=O) groups excluding carboxylic acids is 2. The Labute approximate surface area is 175 Å². The highest BCUT2D eigenvalue weighted by Gasteiger charge is 2.40. The maximum absolute atomic E-state index is 12.3. The maximum Gasteiger partial charge on any atom is 0.310 e. The van der Waals surface area contributed by atoms with E-state index < -0.39 is 47.5 Å². The molecule has 0 aliphatic heterocycles. The average Bonchev–Trinajstić information content (AvgIpc) is 2.69. The van der Waals surface area contributed by atoms with Gasteiger partial charge < -0.3 is 19.7 Å². The SMILES string of the molecule is CC1C=CCC(C(=O)OCCCCOC(=O)C2C(C)C=CCC2C(=O)O)C1C(=O)O. The molecule has 30 heavy (non-hydrogen) atoms. The Morgan fingerprint density at radius 2 is 1.27 bits per heavy atom. The van der Waals surface area contributed by atoms with Gasteiger partial charge in [0, 0.05) is 0 Å². The highest BCUT2D eigenvalue weighted by molar-refractivity contribution is 5.82. The Morgan fingerprint density at radius 3 is 1.80 bits per heavy atom. The minimum absolute atomic E-state index is 0.108. The summed E-state index contributed by atoms with van der Waals surface area (Å²) in [5, 5.41) is 18.7. The number of unbranched alkanes of at least 4 members (excludes halogenated alkanes) is 1. The molecule has 0 fully saturated rings. The van der Waals surface area contributed by atoms with E-state index in [-0.39, 0.29) is 25.0 Å². The first-order valence-electron chi connectivity index (χ1n) is 10.4. The van der Waals surface area contributed by atoms with E-state index in [1.165, 1.54) is 0 Å². The van der Waals surface area contributed by atoms with Gasteiger partial charge in [0.05, 0.1) is 36.9 Å². The van der Waals surface area contributed by atoms with Crippen molar-refractivity contribution in [2.75, 3.05) is 13.2 Å². The second-order valence-corrected chi connectivity index (χ2v) is 8.03. The number of hydrogen-bond donors (Lipinski definition) is 2. The molecule has 0 aromatic rings. The molecule has 0 aromatic heterocycles. The van der Waals surface area contributed by atoms with Gasteiger partial charge in [-0.1, -0.05) is 38.2 Å². The first-order valence-corrected chi connectivity index (χ1v) is 10.4. The summed E-state index contributed by atoms with van der Waals surface area (Å²) in [7, 11) is 0. The lowest BCUT2D eigenvalue weighted by Crippen LogP contribution is -2.37. The number of rotatable bonds is 9. The van der Waals surface area contributed by atoms with Crippen molar-refractivity contribution >= 4 is 23.9 Å². The van der Waals surface area contributed by atoms with Gasteiger partial charge in [-0.2, -0.15) is 0 Å². The number of carboxylic acids is 2. The van der Waals surface area contributed by atoms with Crippen LogP contribution in [0.25, 0.3) is 0 Å². The Kier molecular flexibility index (Phi) is 8.62. The van der Waals surface area contributed by atoms with Crippen LogP contribution in [0.2, 0.25) is 0 Å². The molecular formula is C22H30O8. The third-order valence-corrected chi connectivity index (χ3v) is 5.86. The number of allylic oxidation sites excluding steroid dienone is 4. The number of ether oxygens (including phenoxy) is 2. The molecule has 6 atom stereocenters. The quantitative estimate of drug-likeness (QED) is 0.330. The average molecular weight is 422 g/mol. The predicted octanol–water partition coefficient (Wildman–Crippen LogP) is 2.68. The molecule has 2 aliphatic carbocycles. The Balaban J connectivity index is 1.71. The second-order valence-electron chi connectivity index (χ2n) is 8.03. The summed E-state index contributed by atoms with van der Waals surface area (Å²) in [5.41, 5.74) is 0. The van der Waals surface area contributed by atoms with Crippen molar-refractivity contribution in [3.05, 3.63) is 24.3 Å². The van der Waals surface area contributed by atoms with E-state index in [0.29, 0.717) is 25.7 Å². The van der Waals surface area contributed by atoms with E-state index in [0.717, 1.165) is 0 Å². The lowest BCUT2D eigenvalue weighted by atomic mass is 9.76. The van der Waals surface area contributed by atoms with Crippen molar-refractivity contribution in [1.82, 2.24) is 0 Å². The highest BCUT2D eigenvalue weighted by Crippen LogP contribution is 2.32. The van der Waals surface area contributed by atoms with Gasteiger partial charge in [0.1, 0.15) is 0 Å². The zero-order chi connectivity index (χ0) is 22.3. The fourth-order valence-corrected chi connectivity index (χ4v) is 4.17. The monoisotopic (exact) mass is 422 g/mol. The van der Waals surface area contributed by atoms with Gasteiger partial charge in [-0.15, -0.1) is 0 Å². The fourth-order valence-electron chi connectivity index (χ4n) is 4.17. The molecule has 0 bridgehead atoms.